The van der Waals surface area contributed by atoms with E-state index in [9.17, 15) is 9.90 Å². The van der Waals surface area contributed by atoms with E-state index < -0.39 is 12.1 Å². The van der Waals surface area contributed by atoms with Gasteiger partial charge in [-0.3, -0.25) is 0 Å². The molecule has 1 atom stereocenters. The summed E-state index contributed by atoms with van der Waals surface area (Å²) in [5, 5.41) is 12.2. The second-order valence-corrected chi connectivity index (χ2v) is 9.40. The number of fused-ring (bicyclic) bond motifs is 1. The second kappa shape index (κ2) is 11.6. The van der Waals surface area contributed by atoms with Gasteiger partial charge in [0.05, 0.1) is 18.4 Å². The van der Waals surface area contributed by atoms with E-state index in [1.54, 1.807) is 0 Å². The highest BCUT2D eigenvalue weighted by Crippen LogP contribution is 2.30. The minimum Gasteiger partial charge on any atom is -0.493 e. The van der Waals surface area contributed by atoms with Crippen molar-refractivity contribution in [3.63, 3.8) is 0 Å². The van der Waals surface area contributed by atoms with E-state index in [2.05, 4.69) is 4.98 Å². The molecule has 0 radical (unpaired) electrons. The predicted octanol–water partition coefficient (Wildman–Crippen LogP) is 6.89. The van der Waals surface area contributed by atoms with Crippen molar-refractivity contribution in [1.82, 2.24) is 4.98 Å². The number of halogens is 1. The number of oxazole rings is 1. The number of benzene rings is 3. The first-order valence-electron chi connectivity index (χ1n) is 12.1. The molecule has 0 saturated carbocycles. The maximum atomic E-state index is 11.7. The third kappa shape index (κ3) is 6.25. The Morgan fingerprint density at radius 1 is 1.06 bits per heavy atom. The zero-order chi connectivity index (χ0) is 25.7. The molecule has 36 heavy (non-hydrogen) atoms. The van der Waals surface area contributed by atoms with Crippen LogP contribution >= 0.6 is 11.6 Å². The maximum absolute atomic E-state index is 11.7. The zero-order valence-electron chi connectivity index (χ0n) is 20.7. The van der Waals surface area contributed by atoms with Gasteiger partial charge in [0.15, 0.2) is 6.10 Å². The van der Waals surface area contributed by atoms with Gasteiger partial charge in [-0.2, -0.15) is 0 Å². The molecule has 188 valence electrons. The van der Waals surface area contributed by atoms with Crippen molar-refractivity contribution >= 4 is 28.3 Å². The number of nitrogens with zero attached hydrogens (tertiary/aromatic N) is 1. The third-order valence-electron chi connectivity index (χ3n) is 5.89. The number of hydrogen-bond acceptors (Lipinski definition) is 5. The Bertz CT molecular complexity index is 1330. The van der Waals surface area contributed by atoms with Crippen LogP contribution in [-0.2, 0) is 22.4 Å². The summed E-state index contributed by atoms with van der Waals surface area (Å²) in [5.74, 6) is 1.19. The molecule has 6 nitrogen and oxygen atoms in total. The number of aromatic nitrogens is 1. The Morgan fingerprint density at radius 3 is 2.47 bits per heavy atom. The second-order valence-electron chi connectivity index (χ2n) is 8.97. The molecule has 1 N–H and O–H groups in total. The molecule has 1 heterocycles. The Kier molecular flexibility index (Phi) is 8.28. The molecule has 4 aromatic rings. The topological polar surface area (TPSA) is 81.8 Å². The molecule has 0 bridgehead atoms. The number of aliphatic carboxylic acids is 1. The standard InChI is InChI=1S/C29H30ClNO5/c1-18(2)35-27(29(32)33)17-21-12-15-26(24-8-5-4-7-23(21)24)34-16-6-9-25-19(3)36-28(31-25)20-10-13-22(30)14-11-20/h4-5,7-8,10-15,18,27H,6,9,16-17H2,1-3H3,(H,32,33). The molecule has 3 aromatic carbocycles. The highest BCUT2D eigenvalue weighted by atomic mass is 35.5. The van der Waals surface area contributed by atoms with Crippen molar-refractivity contribution in [3.8, 4) is 17.2 Å². The maximum Gasteiger partial charge on any atom is 0.333 e. The van der Waals surface area contributed by atoms with Gasteiger partial charge in [0.25, 0.3) is 0 Å². The Labute approximate surface area is 215 Å². The average Bonchev–Trinajstić information content (AvgIpc) is 3.22. The molecule has 0 fully saturated rings. The molecule has 0 aliphatic rings. The van der Waals surface area contributed by atoms with E-state index in [4.69, 9.17) is 25.5 Å². The molecule has 4 rings (SSSR count). The molecule has 0 aliphatic heterocycles. The van der Waals surface area contributed by atoms with Crippen molar-refractivity contribution in [2.75, 3.05) is 6.61 Å². The quantitative estimate of drug-likeness (QED) is 0.223. The van der Waals surface area contributed by atoms with E-state index in [-0.39, 0.29) is 12.5 Å². The Morgan fingerprint density at radius 2 is 1.78 bits per heavy atom. The van der Waals surface area contributed by atoms with Crippen molar-refractivity contribution in [2.24, 2.45) is 0 Å². The lowest BCUT2D eigenvalue weighted by atomic mass is 9.99. The van der Waals surface area contributed by atoms with Gasteiger partial charge < -0.3 is 19.0 Å². The molecule has 1 unspecified atom stereocenters. The number of carboxylic acids is 1. The van der Waals surface area contributed by atoms with Crippen LogP contribution in [-0.4, -0.2) is 34.9 Å². The number of hydrogen-bond donors (Lipinski definition) is 1. The first kappa shape index (κ1) is 25.7. The summed E-state index contributed by atoms with van der Waals surface area (Å²) < 4.78 is 17.6. The summed E-state index contributed by atoms with van der Waals surface area (Å²) in [7, 11) is 0. The van der Waals surface area contributed by atoms with Gasteiger partial charge in [-0.1, -0.05) is 41.9 Å². The summed E-state index contributed by atoms with van der Waals surface area (Å²) in [6, 6.07) is 19.1. The lowest BCUT2D eigenvalue weighted by molar-refractivity contribution is -0.153. The molecule has 0 saturated heterocycles. The normalized spacial score (nSPS) is 12.2. The van der Waals surface area contributed by atoms with Crippen molar-refractivity contribution in [2.45, 2.75) is 52.2 Å². The van der Waals surface area contributed by atoms with Crippen molar-refractivity contribution < 1.29 is 23.8 Å². The summed E-state index contributed by atoms with van der Waals surface area (Å²) in [6.07, 6.45) is 0.716. The van der Waals surface area contributed by atoms with Gasteiger partial charge in [-0.05, 0) is 74.9 Å². The van der Waals surface area contributed by atoms with Crippen molar-refractivity contribution in [1.29, 1.82) is 0 Å². The van der Waals surface area contributed by atoms with E-state index in [0.717, 1.165) is 51.9 Å². The highest BCUT2D eigenvalue weighted by molar-refractivity contribution is 6.30. The van der Waals surface area contributed by atoms with Crippen LogP contribution in [0.15, 0.2) is 65.1 Å². The number of ether oxygens (including phenoxy) is 2. The van der Waals surface area contributed by atoms with Gasteiger partial charge in [0.2, 0.25) is 5.89 Å². The monoisotopic (exact) mass is 507 g/mol. The van der Waals surface area contributed by atoms with Crippen LogP contribution in [0.4, 0.5) is 0 Å². The van der Waals surface area contributed by atoms with Crippen LogP contribution < -0.4 is 4.74 Å². The molecular formula is C29H30ClNO5. The number of rotatable bonds is 11. The fraction of sp³-hybridized carbons (Fsp3) is 0.310. The lowest BCUT2D eigenvalue weighted by Crippen LogP contribution is -2.29. The van der Waals surface area contributed by atoms with Crippen LogP contribution in [0.3, 0.4) is 0 Å². The zero-order valence-corrected chi connectivity index (χ0v) is 21.4. The largest absolute Gasteiger partial charge is 0.493 e. The summed E-state index contributed by atoms with van der Waals surface area (Å²) in [5.41, 5.74) is 2.72. The summed E-state index contributed by atoms with van der Waals surface area (Å²) in [4.78, 5) is 16.3. The van der Waals surface area contributed by atoms with Crippen LogP contribution in [0, 0.1) is 6.92 Å². The smallest absolute Gasteiger partial charge is 0.333 e. The third-order valence-corrected chi connectivity index (χ3v) is 6.14. The molecular weight excluding hydrogens is 478 g/mol. The molecule has 1 aromatic heterocycles. The van der Waals surface area contributed by atoms with Gasteiger partial charge in [-0.15, -0.1) is 0 Å². The minimum atomic E-state index is -0.963. The van der Waals surface area contributed by atoms with E-state index in [1.165, 1.54) is 0 Å². The number of carboxylic acid groups (broad SMARTS) is 1. The highest BCUT2D eigenvalue weighted by Gasteiger charge is 2.21. The van der Waals surface area contributed by atoms with E-state index >= 15 is 0 Å². The van der Waals surface area contributed by atoms with Gasteiger partial charge in [0, 0.05) is 22.4 Å². The van der Waals surface area contributed by atoms with Crippen LogP contribution in [0.25, 0.3) is 22.2 Å². The fourth-order valence-electron chi connectivity index (χ4n) is 4.16. The van der Waals surface area contributed by atoms with Crippen LogP contribution in [0.1, 0.15) is 37.3 Å². The molecule has 0 amide bonds. The van der Waals surface area contributed by atoms with Gasteiger partial charge in [-0.25, -0.2) is 9.78 Å². The number of aryl methyl sites for hydroxylation is 2. The lowest BCUT2D eigenvalue weighted by Gasteiger charge is -2.18. The Hall–Kier alpha value is -3.35. The minimum absolute atomic E-state index is 0.171. The first-order chi connectivity index (χ1) is 17.3. The molecule has 7 heteroatoms. The van der Waals surface area contributed by atoms with Crippen LogP contribution in [0.2, 0.25) is 5.02 Å². The van der Waals surface area contributed by atoms with Gasteiger partial charge in [0.1, 0.15) is 11.5 Å². The predicted molar refractivity (Wildman–Crippen MR) is 141 cm³/mol. The van der Waals surface area contributed by atoms with E-state index in [1.807, 2.05) is 81.4 Å². The SMILES string of the molecule is Cc1oc(-c2ccc(Cl)cc2)nc1CCCOc1ccc(CC(OC(C)C)C(=O)O)c2ccccc12. The van der Waals surface area contributed by atoms with Crippen molar-refractivity contribution in [3.05, 3.63) is 82.7 Å². The Balaban J connectivity index is 1.41. The summed E-state index contributed by atoms with van der Waals surface area (Å²) >= 11 is 5.97. The van der Waals surface area contributed by atoms with Gasteiger partial charge >= 0.3 is 5.97 Å². The molecule has 0 spiro atoms. The van der Waals surface area contributed by atoms with E-state index in [0.29, 0.717) is 17.5 Å². The fourth-order valence-corrected chi connectivity index (χ4v) is 4.28. The first-order valence-corrected chi connectivity index (χ1v) is 12.4. The number of carbonyl (C=O) groups is 1. The average molecular weight is 508 g/mol. The summed E-state index contributed by atoms with van der Waals surface area (Å²) in [6.45, 7) is 6.11. The van der Waals surface area contributed by atoms with Crippen LogP contribution in [0.5, 0.6) is 5.75 Å². The molecule has 0 aliphatic carbocycles.